The first-order valence-electron chi connectivity index (χ1n) is 10.8. The van der Waals surface area contributed by atoms with Gasteiger partial charge in [-0.25, -0.2) is 15.0 Å². The highest BCUT2D eigenvalue weighted by molar-refractivity contribution is 5.93. The number of imidazole rings is 1. The predicted octanol–water partition coefficient (Wildman–Crippen LogP) is 2.61. The van der Waals surface area contributed by atoms with Crippen LogP contribution in [0.15, 0.2) is 67.3 Å². The van der Waals surface area contributed by atoms with E-state index in [1.54, 1.807) is 18.1 Å². The van der Waals surface area contributed by atoms with Crippen LogP contribution in [0.5, 0.6) is 0 Å². The fourth-order valence-electron chi connectivity index (χ4n) is 3.85. The van der Waals surface area contributed by atoms with Crippen molar-refractivity contribution < 1.29 is 4.79 Å². The third kappa shape index (κ3) is 3.96. The molecule has 170 valence electrons. The van der Waals surface area contributed by atoms with E-state index in [4.69, 9.17) is 5.73 Å². The fraction of sp³-hybridized carbons (Fsp3) is 0.167. The molecule has 10 nitrogen and oxygen atoms in total. The average Bonchev–Trinajstić information content (AvgIpc) is 3.45. The summed E-state index contributed by atoms with van der Waals surface area (Å²) in [6.07, 6.45) is 3.65. The van der Waals surface area contributed by atoms with E-state index in [-0.39, 0.29) is 11.9 Å². The molecule has 1 amide bonds. The number of aryl methyl sites for hydroxylation is 1. The number of hydrogen-bond donors (Lipinski definition) is 2. The Morgan fingerprint density at radius 3 is 2.59 bits per heavy atom. The number of carbonyl (C=O) groups is 1. The van der Waals surface area contributed by atoms with E-state index in [1.165, 1.54) is 6.33 Å². The van der Waals surface area contributed by atoms with Crippen LogP contribution in [0.3, 0.4) is 0 Å². The molecule has 0 bridgehead atoms. The fourth-order valence-corrected chi connectivity index (χ4v) is 3.85. The zero-order valence-corrected chi connectivity index (χ0v) is 18.8. The van der Waals surface area contributed by atoms with Gasteiger partial charge < -0.3 is 11.1 Å². The highest BCUT2D eigenvalue weighted by Gasteiger charge is 2.21. The lowest BCUT2D eigenvalue weighted by Crippen LogP contribution is -2.28. The maximum Gasteiger partial charge on any atom is 0.274 e. The number of benzene rings is 2. The van der Waals surface area contributed by atoms with Gasteiger partial charge in [-0.15, -0.1) is 5.10 Å². The largest absolute Gasteiger partial charge is 0.382 e. The van der Waals surface area contributed by atoms with Crippen molar-refractivity contribution in [1.82, 2.24) is 39.8 Å². The summed E-state index contributed by atoms with van der Waals surface area (Å²) in [5, 5.41) is 11.2. The van der Waals surface area contributed by atoms with Crippen molar-refractivity contribution in [2.45, 2.75) is 19.4 Å². The van der Waals surface area contributed by atoms with Gasteiger partial charge >= 0.3 is 0 Å². The van der Waals surface area contributed by atoms with Crippen LogP contribution < -0.4 is 11.1 Å². The number of nitrogens with two attached hydrogens (primary N) is 1. The second kappa shape index (κ2) is 8.74. The minimum Gasteiger partial charge on any atom is -0.382 e. The number of hydrogen-bond acceptors (Lipinski definition) is 7. The SMILES string of the molecule is CC(NC(=O)c1nnn(C)c1Cc1ccccc1)c1ccc(-n2cnc3c(N)ncnc32)cc1. The molecule has 5 rings (SSSR count). The summed E-state index contributed by atoms with van der Waals surface area (Å²) < 4.78 is 3.49. The number of nitrogens with zero attached hydrogens (tertiary/aromatic N) is 7. The third-order valence-corrected chi connectivity index (χ3v) is 5.75. The van der Waals surface area contributed by atoms with Crippen molar-refractivity contribution in [1.29, 1.82) is 0 Å². The Morgan fingerprint density at radius 2 is 1.82 bits per heavy atom. The first-order chi connectivity index (χ1) is 16.5. The molecule has 1 atom stereocenters. The molecule has 10 heteroatoms. The first-order valence-corrected chi connectivity index (χ1v) is 10.8. The number of fused-ring (bicyclic) bond motifs is 1. The minimum atomic E-state index is -0.261. The van der Waals surface area contributed by atoms with E-state index in [0.29, 0.717) is 29.1 Å². The lowest BCUT2D eigenvalue weighted by molar-refractivity contribution is 0.0934. The van der Waals surface area contributed by atoms with Crippen LogP contribution in [0.2, 0.25) is 0 Å². The Morgan fingerprint density at radius 1 is 1.06 bits per heavy atom. The van der Waals surface area contributed by atoms with Crippen LogP contribution in [0.25, 0.3) is 16.9 Å². The van der Waals surface area contributed by atoms with E-state index >= 15 is 0 Å². The van der Waals surface area contributed by atoms with Crippen molar-refractivity contribution >= 4 is 22.9 Å². The molecule has 5 aromatic rings. The molecule has 1 unspecified atom stereocenters. The first kappa shape index (κ1) is 21.3. The number of carbonyl (C=O) groups excluding carboxylic acids is 1. The second-order valence-corrected chi connectivity index (χ2v) is 8.00. The van der Waals surface area contributed by atoms with Crippen LogP contribution in [0.1, 0.15) is 40.3 Å². The predicted molar refractivity (Wildman–Crippen MR) is 127 cm³/mol. The van der Waals surface area contributed by atoms with Crippen LogP contribution in [0.4, 0.5) is 5.82 Å². The van der Waals surface area contributed by atoms with Gasteiger partial charge in [0.1, 0.15) is 12.7 Å². The Balaban J connectivity index is 1.33. The third-order valence-electron chi connectivity index (χ3n) is 5.75. The van der Waals surface area contributed by atoms with E-state index in [0.717, 1.165) is 22.5 Å². The van der Waals surface area contributed by atoms with Gasteiger partial charge in [0, 0.05) is 19.2 Å². The van der Waals surface area contributed by atoms with E-state index in [2.05, 4.69) is 30.6 Å². The van der Waals surface area contributed by atoms with Gasteiger partial charge in [0.15, 0.2) is 22.7 Å². The number of nitrogens with one attached hydrogen (secondary N) is 1. The van der Waals surface area contributed by atoms with Crippen LogP contribution in [-0.2, 0) is 13.5 Å². The molecule has 3 N–H and O–H groups in total. The van der Waals surface area contributed by atoms with Gasteiger partial charge in [-0.3, -0.25) is 14.0 Å². The average molecular weight is 454 g/mol. The molecule has 0 fully saturated rings. The molecule has 3 heterocycles. The normalized spacial score (nSPS) is 12.1. The highest BCUT2D eigenvalue weighted by Crippen LogP contribution is 2.21. The smallest absolute Gasteiger partial charge is 0.274 e. The molecule has 0 radical (unpaired) electrons. The maximum absolute atomic E-state index is 13.0. The number of anilines is 1. The van der Waals surface area contributed by atoms with Crippen LogP contribution in [-0.4, -0.2) is 40.4 Å². The number of aromatic nitrogens is 7. The maximum atomic E-state index is 13.0. The quantitative estimate of drug-likeness (QED) is 0.404. The van der Waals surface area contributed by atoms with Gasteiger partial charge in [0.2, 0.25) is 0 Å². The Bertz CT molecular complexity index is 1460. The summed E-state index contributed by atoms with van der Waals surface area (Å²) in [6.45, 7) is 1.93. The lowest BCUT2D eigenvalue weighted by atomic mass is 10.1. The van der Waals surface area contributed by atoms with Crippen LogP contribution >= 0.6 is 0 Å². The second-order valence-electron chi connectivity index (χ2n) is 8.00. The zero-order chi connectivity index (χ0) is 23.7. The summed E-state index contributed by atoms with van der Waals surface area (Å²) in [4.78, 5) is 25.6. The van der Waals surface area contributed by atoms with Crippen molar-refractivity contribution in [3.05, 3.63) is 89.8 Å². The van der Waals surface area contributed by atoms with E-state index in [9.17, 15) is 4.79 Å². The van der Waals surface area contributed by atoms with Crippen LogP contribution in [0, 0.1) is 0 Å². The molecule has 0 aliphatic rings. The number of rotatable bonds is 6. The molecule has 0 saturated heterocycles. The Labute approximate surface area is 195 Å². The van der Waals surface area contributed by atoms with E-state index < -0.39 is 0 Å². The summed E-state index contributed by atoms with van der Waals surface area (Å²) in [5.41, 5.74) is 11.1. The lowest BCUT2D eigenvalue weighted by Gasteiger charge is -2.15. The summed E-state index contributed by atoms with van der Waals surface area (Å²) in [5.74, 6) is 0.0794. The number of nitrogen functional groups attached to an aromatic ring is 1. The topological polar surface area (TPSA) is 129 Å². The van der Waals surface area contributed by atoms with Crippen molar-refractivity contribution in [2.75, 3.05) is 5.73 Å². The van der Waals surface area contributed by atoms with Gasteiger partial charge in [-0.1, -0.05) is 47.7 Å². The molecule has 0 saturated carbocycles. The van der Waals surface area contributed by atoms with Crippen molar-refractivity contribution in [2.24, 2.45) is 7.05 Å². The molecule has 34 heavy (non-hydrogen) atoms. The molecular formula is C24H23N9O. The standard InChI is InChI=1S/C24H23N9O/c1-15(29-24(34)20-19(32(2)31-30-20)12-16-6-4-3-5-7-16)17-8-10-18(11-9-17)33-14-28-21-22(25)26-13-27-23(21)33/h3-11,13-15H,12H2,1-2H3,(H,29,34)(H2,25,26,27). The van der Waals surface area contributed by atoms with Gasteiger partial charge in [0.25, 0.3) is 5.91 Å². The van der Waals surface area contributed by atoms with Crippen molar-refractivity contribution in [3.63, 3.8) is 0 Å². The van der Waals surface area contributed by atoms with Gasteiger partial charge in [-0.2, -0.15) is 0 Å². The van der Waals surface area contributed by atoms with Crippen molar-refractivity contribution in [3.8, 4) is 5.69 Å². The number of amides is 1. The van der Waals surface area contributed by atoms with Gasteiger partial charge in [-0.05, 0) is 30.2 Å². The minimum absolute atomic E-state index is 0.231. The van der Waals surface area contributed by atoms with E-state index in [1.807, 2.05) is 66.1 Å². The monoisotopic (exact) mass is 453 g/mol. The summed E-state index contributed by atoms with van der Waals surface area (Å²) in [6, 6.07) is 17.5. The molecule has 0 aliphatic heterocycles. The zero-order valence-electron chi connectivity index (χ0n) is 18.8. The summed E-state index contributed by atoms with van der Waals surface area (Å²) >= 11 is 0. The molecule has 3 aromatic heterocycles. The molecule has 0 aliphatic carbocycles. The Kier molecular flexibility index (Phi) is 5.46. The molecule has 2 aromatic carbocycles. The van der Waals surface area contributed by atoms with Gasteiger partial charge in [0.05, 0.1) is 11.7 Å². The Hall–Kier alpha value is -4.60. The highest BCUT2D eigenvalue weighted by atomic mass is 16.2. The molecule has 0 spiro atoms. The summed E-state index contributed by atoms with van der Waals surface area (Å²) in [7, 11) is 1.79. The molecular weight excluding hydrogens is 430 g/mol.